The Hall–Kier alpha value is -2.58. The van der Waals surface area contributed by atoms with Gasteiger partial charge in [0.1, 0.15) is 0 Å². The maximum atomic E-state index is 12.4. The van der Waals surface area contributed by atoms with E-state index < -0.39 is 16.1 Å². The number of hydrogen-bond acceptors (Lipinski definition) is 5. The van der Waals surface area contributed by atoms with Crippen LogP contribution in [-0.2, 0) is 14.8 Å². The van der Waals surface area contributed by atoms with Gasteiger partial charge in [-0.2, -0.15) is 0 Å². The Morgan fingerprint density at radius 2 is 1.62 bits per heavy atom. The number of hydrogen-bond donors (Lipinski definition) is 2. The summed E-state index contributed by atoms with van der Waals surface area (Å²) in [6, 6.07) is 12.7. The summed E-state index contributed by atoms with van der Waals surface area (Å²) < 4.78 is 32.1. The molecular formula is C18H21N3O4S. The number of aryl methyl sites for hydroxylation is 1. The molecule has 26 heavy (non-hydrogen) atoms. The number of carbonyl (C=O) groups is 1. The maximum Gasteiger partial charge on any atom is 0.333 e. The molecule has 0 saturated carbocycles. The highest BCUT2D eigenvalue weighted by molar-refractivity contribution is 7.90. The van der Waals surface area contributed by atoms with Crippen molar-refractivity contribution in [3.05, 3.63) is 54.1 Å². The summed E-state index contributed by atoms with van der Waals surface area (Å²) in [6.07, 6.45) is 0. The number of sulfonamides is 1. The Morgan fingerprint density at radius 3 is 2.23 bits per heavy atom. The molecule has 2 aromatic carbocycles. The summed E-state index contributed by atoms with van der Waals surface area (Å²) in [5.41, 5.74) is 2.49. The van der Waals surface area contributed by atoms with Gasteiger partial charge in [0, 0.05) is 24.5 Å². The zero-order valence-corrected chi connectivity index (χ0v) is 15.3. The minimum Gasteiger partial charge on any atom is -0.378 e. The van der Waals surface area contributed by atoms with E-state index in [-0.39, 0.29) is 4.90 Å². The van der Waals surface area contributed by atoms with Gasteiger partial charge in [-0.25, -0.2) is 17.9 Å². The van der Waals surface area contributed by atoms with Crippen LogP contribution < -0.4 is 14.9 Å². The van der Waals surface area contributed by atoms with Crippen LogP contribution in [0.1, 0.15) is 5.56 Å². The number of benzene rings is 2. The van der Waals surface area contributed by atoms with Gasteiger partial charge in [0.25, 0.3) is 10.0 Å². The predicted octanol–water partition coefficient (Wildman–Crippen LogP) is 2.34. The lowest BCUT2D eigenvalue weighted by Crippen LogP contribution is -2.36. The lowest BCUT2D eigenvalue weighted by molar-refractivity contribution is 0.122. The SMILES string of the molecule is Cc1ccc(NC(=O)NS(=O)(=O)c2ccc(N3CCOCC3)cc2)cc1. The van der Waals surface area contributed by atoms with Gasteiger partial charge in [-0.3, -0.25) is 0 Å². The second kappa shape index (κ2) is 7.76. The van der Waals surface area contributed by atoms with Gasteiger partial charge in [-0.1, -0.05) is 17.7 Å². The van der Waals surface area contributed by atoms with Crippen LogP contribution in [0.15, 0.2) is 53.4 Å². The summed E-state index contributed by atoms with van der Waals surface area (Å²) in [6.45, 7) is 4.77. The highest BCUT2D eigenvalue weighted by Gasteiger charge is 2.18. The van der Waals surface area contributed by atoms with E-state index >= 15 is 0 Å². The third-order valence-electron chi connectivity index (χ3n) is 4.06. The first kappa shape index (κ1) is 18.2. The minimum absolute atomic E-state index is 0.0357. The molecule has 0 aliphatic carbocycles. The lowest BCUT2D eigenvalue weighted by atomic mass is 10.2. The number of morpholine rings is 1. The van der Waals surface area contributed by atoms with Crippen LogP contribution in [-0.4, -0.2) is 40.8 Å². The second-order valence-corrected chi connectivity index (χ2v) is 7.70. The number of ether oxygens (including phenoxy) is 1. The molecule has 1 fully saturated rings. The zero-order chi connectivity index (χ0) is 18.6. The molecule has 1 aliphatic heterocycles. The molecule has 7 nitrogen and oxygen atoms in total. The normalized spacial score (nSPS) is 14.7. The summed E-state index contributed by atoms with van der Waals surface area (Å²) >= 11 is 0. The van der Waals surface area contributed by atoms with Crippen molar-refractivity contribution >= 4 is 27.4 Å². The van der Waals surface area contributed by atoms with Gasteiger partial charge < -0.3 is 15.0 Å². The Labute approximate surface area is 153 Å². The van der Waals surface area contributed by atoms with Crippen LogP contribution in [0.5, 0.6) is 0 Å². The molecule has 3 rings (SSSR count). The largest absolute Gasteiger partial charge is 0.378 e. The van der Waals surface area contributed by atoms with Crippen LogP contribution >= 0.6 is 0 Å². The fourth-order valence-electron chi connectivity index (χ4n) is 2.63. The fraction of sp³-hybridized carbons (Fsp3) is 0.278. The molecule has 0 aromatic heterocycles. The summed E-state index contributed by atoms with van der Waals surface area (Å²) in [7, 11) is -3.94. The smallest absolute Gasteiger partial charge is 0.333 e. The molecule has 0 atom stereocenters. The molecule has 8 heteroatoms. The topological polar surface area (TPSA) is 87.7 Å². The van der Waals surface area contributed by atoms with Crippen molar-refractivity contribution in [2.45, 2.75) is 11.8 Å². The lowest BCUT2D eigenvalue weighted by Gasteiger charge is -2.28. The van der Waals surface area contributed by atoms with Crippen molar-refractivity contribution in [1.82, 2.24) is 4.72 Å². The Morgan fingerprint density at radius 1 is 1.00 bits per heavy atom. The van der Waals surface area contributed by atoms with Gasteiger partial charge in [-0.05, 0) is 43.3 Å². The molecule has 1 saturated heterocycles. The van der Waals surface area contributed by atoms with Gasteiger partial charge >= 0.3 is 6.03 Å². The van der Waals surface area contributed by atoms with E-state index in [2.05, 4.69) is 10.2 Å². The Balaban J connectivity index is 1.65. The number of carbonyl (C=O) groups excluding carboxylic acids is 1. The fourth-order valence-corrected chi connectivity index (χ4v) is 3.54. The monoisotopic (exact) mass is 375 g/mol. The highest BCUT2D eigenvalue weighted by Crippen LogP contribution is 2.19. The van der Waals surface area contributed by atoms with Gasteiger partial charge in [0.15, 0.2) is 0 Å². The Kier molecular flexibility index (Phi) is 5.43. The summed E-state index contributed by atoms with van der Waals surface area (Å²) in [5, 5.41) is 2.51. The average molecular weight is 375 g/mol. The van der Waals surface area contributed by atoms with Crippen LogP contribution in [0.3, 0.4) is 0 Å². The van der Waals surface area contributed by atoms with E-state index in [4.69, 9.17) is 4.74 Å². The number of nitrogens with zero attached hydrogens (tertiary/aromatic N) is 1. The van der Waals surface area contributed by atoms with E-state index in [1.54, 1.807) is 24.3 Å². The number of urea groups is 1. The van der Waals surface area contributed by atoms with Crippen molar-refractivity contribution < 1.29 is 17.9 Å². The first-order valence-electron chi connectivity index (χ1n) is 8.27. The molecule has 1 heterocycles. The summed E-state index contributed by atoms with van der Waals surface area (Å²) in [5.74, 6) is 0. The van der Waals surface area contributed by atoms with Crippen LogP contribution in [0.2, 0.25) is 0 Å². The molecule has 0 bridgehead atoms. The molecular weight excluding hydrogens is 354 g/mol. The highest BCUT2D eigenvalue weighted by atomic mass is 32.2. The zero-order valence-electron chi connectivity index (χ0n) is 14.4. The summed E-state index contributed by atoms with van der Waals surface area (Å²) in [4.78, 5) is 14.1. The number of amides is 2. The maximum absolute atomic E-state index is 12.4. The van der Waals surface area contributed by atoms with Gasteiger partial charge in [0.2, 0.25) is 0 Å². The molecule has 2 amide bonds. The third-order valence-corrected chi connectivity index (χ3v) is 5.41. The Bertz CT molecular complexity index is 858. The third kappa shape index (κ3) is 4.53. The molecule has 0 radical (unpaired) electrons. The van der Waals surface area contributed by atoms with Crippen molar-refractivity contribution in [2.75, 3.05) is 36.5 Å². The van der Waals surface area contributed by atoms with Crippen LogP contribution in [0.4, 0.5) is 16.2 Å². The van der Waals surface area contributed by atoms with E-state index in [1.807, 2.05) is 23.8 Å². The second-order valence-electron chi connectivity index (χ2n) is 6.02. The minimum atomic E-state index is -3.94. The van der Waals surface area contributed by atoms with E-state index in [0.717, 1.165) is 24.3 Å². The number of nitrogens with one attached hydrogen (secondary N) is 2. The average Bonchev–Trinajstić information content (AvgIpc) is 2.64. The molecule has 2 aromatic rings. The van der Waals surface area contributed by atoms with E-state index in [0.29, 0.717) is 18.9 Å². The quantitative estimate of drug-likeness (QED) is 0.856. The van der Waals surface area contributed by atoms with Crippen molar-refractivity contribution in [2.24, 2.45) is 0 Å². The van der Waals surface area contributed by atoms with Gasteiger partial charge in [-0.15, -0.1) is 0 Å². The predicted molar refractivity (Wildman–Crippen MR) is 100.0 cm³/mol. The molecule has 138 valence electrons. The molecule has 2 N–H and O–H groups in total. The van der Waals surface area contributed by atoms with Gasteiger partial charge in [0.05, 0.1) is 18.1 Å². The molecule has 0 spiro atoms. The molecule has 0 unspecified atom stereocenters. The first-order valence-corrected chi connectivity index (χ1v) is 9.76. The number of anilines is 2. The number of rotatable bonds is 4. The van der Waals surface area contributed by atoms with Crippen molar-refractivity contribution in [3.63, 3.8) is 0 Å². The van der Waals surface area contributed by atoms with Crippen molar-refractivity contribution in [3.8, 4) is 0 Å². The van der Waals surface area contributed by atoms with E-state index in [1.165, 1.54) is 12.1 Å². The van der Waals surface area contributed by atoms with Crippen molar-refractivity contribution in [1.29, 1.82) is 0 Å². The first-order chi connectivity index (χ1) is 12.4. The van der Waals surface area contributed by atoms with Crippen LogP contribution in [0, 0.1) is 6.92 Å². The van der Waals surface area contributed by atoms with Crippen LogP contribution in [0.25, 0.3) is 0 Å². The van der Waals surface area contributed by atoms with E-state index in [9.17, 15) is 13.2 Å². The standard InChI is InChI=1S/C18H21N3O4S/c1-14-2-4-15(5-3-14)19-18(22)20-26(23,24)17-8-6-16(7-9-17)21-10-12-25-13-11-21/h2-9H,10-13H2,1H3,(H2,19,20,22). The molecule has 1 aliphatic rings.